The van der Waals surface area contributed by atoms with Gasteiger partial charge in [0, 0.05) is 25.2 Å². The molecule has 1 saturated carbocycles. The van der Waals surface area contributed by atoms with Crippen LogP contribution in [0.25, 0.3) is 0 Å². The van der Waals surface area contributed by atoms with E-state index in [9.17, 15) is 0 Å². The van der Waals surface area contributed by atoms with Gasteiger partial charge in [0.15, 0.2) is 5.96 Å². The third kappa shape index (κ3) is 3.03. The minimum Gasteiger partial charge on any atom is -0.361 e. The Bertz CT molecular complexity index is 399. The maximum absolute atomic E-state index is 5.14. The molecule has 0 aliphatic heterocycles. The molecule has 0 amide bonds. The van der Waals surface area contributed by atoms with Gasteiger partial charge in [-0.25, -0.2) is 0 Å². The van der Waals surface area contributed by atoms with E-state index in [1.165, 1.54) is 25.7 Å². The van der Waals surface area contributed by atoms with E-state index in [1.807, 2.05) is 13.8 Å². The van der Waals surface area contributed by atoms with Crippen LogP contribution in [0.1, 0.15) is 42.7 Å². The van der Waals surface area contributed by atoms with Crippen molar-refractivity contribution in [2.75, 3.05) is 7.05 Å². The molecule has 1 aliphatic rings. The predicted molar refractivity (Wildman–Crippen MR) is 71.6 cm³/mol. The van der Waals surface area contributed by atoms with Crippen LogP contribution in [0.15, 0.2) is 9.52 Å². The summed E-state index contributed by atoms with van der Waals surface area (Å²) in [5, 5.41) is 10.7. The third-order valence-electron chi connectivity index (χ3n) is 3.53. The number of guanidine groups is 1. The highest BCUT2D eigenvalue weighted by atomic mass is 16.5. The van der Waals surface area contributed by atoms with E-state index in [0.29, 0.717) is 12.6 Å². The fraction of sp³-hybridized carbons (Fsp3) is 0.692. The van der Waals surface area contributed by atoms with E-state index in [4.69, 9.17) is 4.52 Å². The molecule has 0 bridgehead atoms. The van der Waals surface area contributed by atoms with Crippen LogP contribution in [0.2, 0.25) is 0 Å². The Hall–Kier alpha value is -1.52. The summed E-state index contributed by atoms with van der Waals surface area (Å²) in [5.74, 6) is 1.73. The quantitative estimate of drug-likeness (QED) is 0.635. The lowest BCUT2D eigenvalue weighted by molar-refractivity contribution is 0.392. The molecule has 0 atom stereocenters. The zero-order valence-corrected chi connectivity index (χ0v) is 11.4. The topological polar surface area (TPSA) is 62.5 Å². The second-order valence-electron chi connectivity index (χ2n) is 4.85. The summed E-state index contributed by atoms with van der Waals surface area (Å²) >= 11 is 0. The lowest BCUT2D eigenvalue weighted by Crippen LogP contribution is -2.42. The van der Waals surface area contributed by atoms with Crippen molar-refractivity contribution in [3.05, 3.63) is 17.0 Å². The number of rotatable bonds is 3. The number of aromatic nitrogens is 1. The van der Waals surface area contributed by atoms with Gasteiger partial charge in [0.2, 0.25) is 0 Å². The summed E-state index contributed by atoms with van der Waals surface area (Å²) in [4.78, 5) is 4.25. The Morgan fingerprint density at radius 1 is 1.39 bits per heavy atom. The molecule has 0 unspecified atom stereocenters. The predicted octanol–water partition coefficient (Wildman–Crippen LogP) is 1.90. The Kier molecular flexibility index (Phi) is 4.23. The van der Waals surface area contributed by atoms with Crippen LogP contribution in [0, 0.1) is 13.8 Å². The molecular weight excluding hydrogens is 228 g/mol. The number of hydrogen-bond donors (Lipinski definition) is 2. The highest BCUT2D eigenvalue weighted by Crippen LogP contribution is 2.17. The minimum atomic E-state index is 0.570. The number of aryl methyl sites for hydroxylation is 2. The van der Waals surface area contributed by atoms with E-state index >= 15 is 0 Å². The Morgan fingerprint density at radius 2 is 2.11 bits per heavy atom. The molecule has 2 rings (SSSR count). The van der Waals surface area contributed by atoms with E-state index in [2.05, 4.69) is 20.8 Å². The van der Waals surface area contributed by atoms with Crippen molar-refractivity contribution >= 4 is 5.96 Å². The fourth-order valence-corrected chi connectivity index (χ4v) is 2.38. The van der Waals surface area contributed by atoms with E-state index in [-0.39, 0.29) is 0 Å². The first-order chi connectivity index (χ1) is 8.70. The van der Waals surface area contributed by atoms with Crippen LogP contribution in [0.5, 0.6) is 0 Å². The van der Waals surface area contributed by atoms with Gasteiger partial charge in [0.25, 0.3) is 0 Å². The molecule has 1 aromatic heterocycles. The molecule has 0 spiro atoms. The lowest BCUT2D eigenvalue weighted by Gasteiger charge is -2.16. The molecule has 18 heavy (non-hydrogen) atoms. The van der Waals surface area contributed by atoms with E-state index < -0.39 is 0 Å². The SMILES string of the molecule is CN=C(NCc1c(C)noc1C)NC1CCCC1. The Morgan fingerprint density at radius 3 is 2.67 bits per heavy atom. The number of hydrogen-bond acceptors (Lipinski definition) is 3. The smallest absolute Gasteiger partial charge is 0.191 e. The normalized spacial score (nSPS) is 17.2. The van der Waals surface area contributed by atoms with Gasteiger partial charge in [0.1, 0.15) is 5.76 Å². The molecule has 1 heterocycles. The molecule has 1 aromatic rings. The summed E-state index contributed by atoms with van der Waals surface area (Å²) in [6, 6.07) is 0.570. The Balaban J connectivity index is 1.87. The van der Waals surface area contributed by atoms with Crippen molar-refractivity contribution in [2.45, 2.75) is 52.1 Å². The molecule has 1 aliphatic carbocycles. The van der Waals surface area contributed by atoms with Crippen LogP contribution in [-0.4, -0.2) is 24.2 Å². The van der Waals surface area contributed by atoms with Crippen LogP contribution >= 0.6 is 0 Å². The van der Waals surface area contributed by atoms with Gasteiger partial charge in [-0.1, -0.05) is 18.0 Å². The summed E-state index contributed by atoms with van der Waals surface area (Å²) in [7, 11) is 1.80. The largest absolute Gasteiger partial charge is 0.361 e. The van der Waals surface area contributed by atoms with Gasteiger partial charge in [0.05, 0.1) is 5.69 Å². The number of aliphatic imine (C=N–C) groups is 1. The zero-order valence-electron chi connectivity index (χ0n) is 11.4. The molecule has 5 heteroatoms. The van der Waals surface area contributed by atoms with Crippen molar-refractivity contribution in [3.63, 3.8) is 0 Å². The lowest BCUT2D eigenvalue weighted by atomic mass is 10.2. The number of nitrogens with one attached hydrogen (secondary N) is 2. The van der Waals surface area contributed by atoms with Crippen molar-refractivity contribution in [2.24, 2.45) is 4.99 Å². The second kappa shape index (κ2) is 5.89. The number of nitrogens with zero attached hydrogens (tertiary/aromatic N) is 2. The van der Waals surface area contributed by atoms with Crippen molar-refractivity contribution in [1.29, 1.82) is 0 Å². The van der Waals surface area contributed by atoms with Crippen LogP contribution < -0.4 is 10.6 Å². The minimum absolute atomic E-state index is 0.570. The standard InChI is InChI=1S/C13H22N4O/c1-9-12(10(2)18-17-9)8-15-13(14-3)16-11-6-4-5-7-11/h11H,4-8H2,1-3H3,(H2,14,15,16). The molecule has 0 aromatic carbocycles. The van der Waals surface area contributed by atoms with Gasteiger partial charge < -0.3 is 15.2 Å². The van der Waals surface area contributed by atoms with Gasteiger partial charge in [-0.05, 0) is 26.7 Å². The van der Waals surface area contributed by atoms with Crippen LogP contribution in [-0.2, 0) is 6.54 Å². The van der Waals surface area contributed by atoms with Crippen molar-refractivity contribution in [1.82, 2.24) is 15.8 Å². The fourth-order valence-electron chi connectivity index (χ4n) is 2.38. The Labute approximate surface area is 108 Å². The highest BCUT2D eigenvalue weighted by Gasteiger charge is 2.16. The molecular formula is C13H22N4O. The summed E-state index contributed by atoms with van der Waals surface area (Å²) < 4.78 is 5.14. The maximum Gasteiger partial charge on any atom is 0.191 e. The molecule has 0 saturated heterocycles. The van der Waals surface area contributed by atoms with Gasteiger partial charge >= 0.3 is 0 Å². The average Bonchev–Trinajstić information content (AvgIpc) is 2.97. The first kappa shape index (κ1) is 12.9. The average molecular weight is 250 g/mol. The van der Waals surface area contributed by atoms with Crippen molar-refractivity contribution < 1.29 is 4.52 Å². The van der Waals surface area contributed by atoms with E-state index in [0.717, 1.165) is 23.0 Å². The first-order valence-corrected chi connectivity index (χ1v) is 6.59. The highest BCUT2D eigenvalue weighted by molar-refractivity contribution is 5.80. The molecule has 5 nitrogen and oxygen atoms in total. The first-order valence-electron chi connectivity index (χ1n) is 6.59. The second-order valence-corrected chi connectivity index (χ2v) is 4.85. The third-order valence-corrected chi connectivity index (χ3v) is 3.53. The van der Waals surface area contributed by atoms with E-state index in [1.54, 1.807) is 7.05 Å². The molecule has 2 N–H and O–H groups in total. The molecule has 1 fully saturated rings. The van der Waals surface area contributed by atoms with Gasteiger partial charge in [-0.15, -0.1) is 0 Å². The zero-order chi connectivity index (χ0) is 13.0. The van der Waals surface area contributed by atoms with Crippen molar-refractivity contribution in [3.8, 4) is 0 Å². The summed E-state index contributed by atoms with van der Waals surface area (Å²) in [6.45, 7) is 4.60. The monoisotopic (exact) mass is 250 g/mol. The van der Waals surface area contributed by atoms with Crippen LogP contribution in [0.4, 0.5) is 0 Å². The molecule has 100 valence electrons. The van der Waals surface area contributed by atoms with Gasteiger partial charge in [-0.2, -0.15) is 0 Å². The summed E-state index contributed by atoms with van der Waals surface area (Å²) in [6.07, 6.45) is 5.12. The molecule has 0 radical (unpaired) electrons. The van der Waals surface area contributed by atoms with Crippen LogP contribution in [0.3, 0.4) is 0 Å². The summed E-state index contributed by atoms with van der Waals surface area (Å²) in [5.41, 5.74) is 2.06. The maximum atomic E-state index is 5.14. The van der Waals surface area contributed by atoms with Gasteiger partial charge in [-0.3, -0.25) is 4.99 Å².